The molecular formula is C12H13ClINO3. The maximum Gasteiger partial charge on any atom is 0.310 e. The van der Waals surface area contributed by atoms with Crippen molar-refractivity contribution in [3.8, 4) is 0 Å². The van der Waals surface area contributed by atoms with E-state index in [1.807, 2.05) is 22.6 Å². The van der Waals surface area contributed by atoms with Crippen molar-refractivity contribution in [1.82, 2.24) is 5.32 Å². The molecule has 0 heterocycles. The molecule has 0 unspecified atom stereocenters. The molecule has 2 N–H and O–H groups in total. The summed E-state index contributed by atoms with van der Waals surface area (Å²) in [5.41, 5.74) is -0.552. The van der Waals surface area contributed by atoms with Crippen molar-refractivity contribution in [3.63, 3.8) is 0 Å². The van der Waals surface area contributed by atoms with Crippen molar-refractivity contribution in [1.29, 1.82) is 0 Å². The number of carboxylic acids is 1. The summed E-state index contributed by atoms with van der Waals surface area (Å²) in [5.74, 6) is -1.28. The first-order chi connectivity index (χ1) is 8.24. The van der Waals surface area contributed by atoms with Crippen molar-refractivity contribution in [3.05, 3.63) is 32.4 Å². The van der Waals surface area contributed by atoms with Gasteiger partial charge in [-0.25, -0.2) is 0 Å². The van der Waals surface area contributed by atoms with Gasteiger partial charge in [-0.3, -0.25) is 9.59 Å². The minimum atomic E-state index is -1.00. The molecule has 0 bridgehead atoms. The van der Waals surface area contributed by atoms with Gasteiger partial charge in [0.25, 0.3) is 5.91 Å². The van der Waals surface area contributed by atoms with E-state index in [1.54, 1.807) is 32.0 Å². The van der Waals surface area contributed by atoms with Crippen LogP contribution in [0.2, 0.25) is 5.02 Å². The van der Waals surface area contributed by atoms with Crippen LogP contribution in [-0.4, -0.2) is 23.5 Å². The summed E-state index contributed by atoms with van der Waals surface area (Å²) in [6.07, 6.45) is 0. The Morgan fingerprint density at radius 3 is 2.61 bits per heavy atom. The number of hydrogen-bond acceptors (Lipinski definition) is 2. The van der Waals surface area contributed by atoms with Crippen molar-refractivity contribution in [2.75, 3.05) is 6.54 Å². The van der Waals surface area contributed by atoms with Gasteiger partial charge in [-0.05, 0) is 54.6 Å². The molecule has 98 valence electrons. The first kappa shape index (κ1) is 15.2. The average molecular weight is 382 g/mol. The summed E-state index contributed by atoms with van der Waals surface area (Å²) in [7, 11) is 0. The normalized spacial score (nSPS) is 11.1. The van der Waals surface area contributed by atoms with Gasteiger partial charge in [-0.15, -0.1) is 0 Å². The molecule has 1 aromatic rings. The maximum absolute atomic E-state index is 11.9. The number of halogens is 2. The molecule has 1 amide bonds. The number of amides is 1. The zero-order valence-electron chi connectivity index (χ0n) is 9.96. The Hall–Kier alpha value is -0.820. The van der Waals surface area contributed by atoms with Crippen molar-refractivity contribution < 1.29 is 14.7 Å². The molecule has 18 heavy (non-hydrogen) atoms. The Labute approximate surface area is 124 Å². The van der Waals surface area contributed by atoms with Gasteiger partial charge in [0.1, 0.15) is 0 Å². The van der Waals surface area contributed by atoms with Gasteiger partial charge >= 0.3 is 5.97 Å². The van der Waals surface area contributed by atoms with Gasteiger partial charge in [-0.1, -0.05) is 11.6 Å². The highest BCUT2D eigenvalue weighted by atomic mass is 127. The van der Waals surface area contributed by atoms with Crippen LogP contribution in [0.15, 0.2) is 18.2 Å². The fourth-order valence-corrected chi connectivity index (χ4v) is 1.90. The van der Waals surface area contributed by atoms with Crippen LogP contribution in [0, 0.1) is 8.99 Å². The average Bonchev–Trinajstić information content (AvgIpc) is 2.29. The SMILES string of the molecule is CC(C)(CNC(=O)c1cc(Cl)ccc1I)C(=O)O. The monoisotopic (exact) mass is 381 g/mol. The standard InChI is InChI=1S/C12H13ClINO3/c1-12(2,11(17)18)6-15-10(16)8-5-7(13)3-4-9(8)14/h3-5H,6H2,1-2H3,(H,15,16)(H,17,18). The molecule has 0 aliphatic carbocycles. The van der Waals surface area contributed by atoms with E-state index in [0.29, 0.717) is 10.6 Å². The van der Waals surface area contributed by atoms with Crippen molar-refractivity contribution >= 4 is 46.1 Å². The molecule has 0 fully saturated rings. The highest BCUT2D eigenvalue weighted by Gasteiger charge is 2.27. The van der Waals surface area contributed by atoms with E-state index < -0.39 is 11.4 Å². The first-order valence-corrected chi connectivity index (χ1v) is 6.66. The van der Waals surface area contributed by atoms with Gasteiger partial charge in [0.05, 0.1) is 11.0 Å². The lowest BCUT2D eigenvalue weighted by Gasteiger charge is -2.19. The molecule has 1 aromatic carbocycles. The molecule has 6 heteroatoms. The van der Waals surface area contributed by atoms with Crippen molar-refractivity contribution in [2.45, 2.75) is 13.8 Å². The molecule has 0 aromatic heterocycles. The van der Waals surface area contributed by atoms with E-state index in [9.17, 15) is 9.59 Å². The number of carboxylic acid groups (broad SMARTS) is 1. The molecule has 1 rings (SSSR count). The Morgan fingerprint density at radius 1 is 1.44 bits per heavy atom. The maximum atomic E-state index is 11.9. The fraction of sp³-hybridized carbons (Fsp3) is 0.333. The number of aliphatic carboxylic acids is 1. The second-order valence-electron chi connectivity index (χ2n) is 4.50. The second kappa shape index (κ2) is 5.88. The Balaban J connectivity index is 2.78. The number of rotatable bonds is 4. The smallest absolute Gasteiger partial charge is 0.310 e. The summed E-state index contributed by atoms with van der Waals surface area (Å²) in [5, 5.41) is 12.0. The van der Waals surface area contributed by atoms with Crippen LogP contribution in [0.3, 0.4) is 0 Å². The molecule has 0 aliphatic rings. The summed E-state index contributed by atoms with van der Waals surface area (Å²) >= 11 is 7.85. The molecule has 0 saturated carbocycles. The minimum Gasteiger partial charge on any atom is -0.481 e. The number of carbonyl (C=O) groups is 2. The predicted molar refractivity (Wildman–Crippen MR) is 77.9 cm³/mol. The topological polar surface area (TPSA) is 66.4 Å². The van der Waals surface area contributed by atoms with E-state index in [4.69, 9.17) is 16.7 Å². The van der Waals surface area contributed by atoms with Crippen LogP contribution >= 0.6 is 34.2 Å². The van der Waals surface area contributed by atoms with Gasteiger partial charge in [-0.2, -0.15) is 0 Å². The van der Waals surface area contributed by atoms with Crippen molar-refractivity contribution in [2.24, 2.45) is 5.41 Å². The third kappa shape index (κ3) is 3.84. The molecule has 0 spiro atoms. The fourth-order valence-electron chi connectivity index (χ4n) is 1.14. The largest absolute Gasteiger partial charge is 0.481 e. The number of nitrogens with one attached hydrogen (secondary N) is 1. The van der Waals surface area contributed by atoms with E-state index in [1.165, 1.54) is 0 Å². The summed E-state index contributed by atoms with van der Waals surface area (Å²) in [6, 6.07) is 4.99. The van der Waals surface area contributed by atoms with Gasteiger partial charge < -0.3 is 10.4 Å². The highest BCUT2D eigenvalue weighted by Crippen LogP contribution is 2.19. The minimum absolute atomic E-state index is 0.0593. The lowest BCUT2D eigenvalue weighted by molar-refractivity contribution is -0.146. The Kier molecular flexibility index (Phi) is 4.98. The predicted octanol–water partition coefficient (Wildman–Crippen LogP) is 2.79. The van der Waals surface area contributed by atoms with Crippen LogP contribution < -0.4 is 5.32 Å². The van der Waals surface area contributed by atoms with Gasteiger partial charge in [0.2, 0.25) is 0 Å². The molecule has 0 saturated heterocycles. The summed E-state index contributed by atoms with van der Waals surface area (Å²) in [6.45, 7) is 3.17. The zero-order valence-corrected chi connectivity index (χ0v) is 12.9. The zero-order chi connectivity index (χ0) is 13.9. The second-order valence-corrected chi connectivity index (χ2v) is 6.09. The number of benzene rings is 1. The quantitative estimate of drug-likeness (QED) is 0.788. The molecule has 0 atom stereocenters. The lowest BCUT2D eigenvalue weighted by Crippen LogP contribution is -2.39. The first-order valence-electron chi connectivity index (χ1n) is 5.20. The van der Waals surface area contributed by atoms with E-state index in [-0.39, 0.29) is 12.5 Å². The van der Waals surface area contributed by atoms with Crippen LogP contribution in [0.5, 0.6) is 0 Å². The van der Waals surface area contributed by atoms with Crippen LogP contribution in [0.25, 0.3) is 0 Å². The number of hydrogen-bond donors (Lipinski definition) is 2. The van der Waals surface area contributed by atoms with E-state index >= 15 is 0 Å². The van der Waals surface area contributed by atoms with E-state index in [0.717, 1.165) is 3.57 Å². The lowest BCUT2D eigenvalue weighted by atomic mass is 9.94. The third-order valence-electron chi connectivity index (χ3n) is 2.44. The van der Waals surface area contributed by atoms with Crippen LogP contribution in [0.1, 0.15) is 24.2 Å². The summed E-state index contributed by atoms with van der Waals surface area (Å²) in [4.78, 5) is 22.8. The molecule has 0 radical (unpaired) electrons. The number of carbonyl (C=O) groups excluding carboxylic acids is 1. The van der Waals surface area contributed by atoms with Gasteiger partial charge in [0, 0.05) is 15.1 Å². The Morgan fingerprint density at radius 2 is 2.06 bits per heavy atom. The van der Waals surface area contributed by atoms with E-state index in [2.05, 4.69) is 5.32 Å². The van der Waals surface area contributed by atoms with Crippen LogP contribution in [-0.2, 0) is 4.79 Å². The van der Waals surface area contributed by atoms with Gasteiger partial charge in [0.15, 0.2) is 0 Å². The molecule has 4 nitrogen and oxygen atoms in total. The van der Waals surface area contributed by atoms with Crippen LogP contribution in [0.4, 0.5) is 0 Å². The molecular weight excluding hydrogens is 368 g/mol. The summed E-state index contributed by atoms with van der Waals surface area (Å²) < 4.78 is 0.766. The Bertz CT molecular complexity index is 488. The highest BCUT2D eigenvalue weighted by molar-refractivity contribution is 14.1. The third-order valence-corrected chi connectivity index (χ3v) is 3.62. The molecule has 0 aliphatic heterocycles.